The van der Waals surface area contributed by atoms with Crippen molar-refractivity contribution in [1.82, 2.24) is 25.1 Å². The van der Waals surface area contributed by atoms with Crippen LogP contribution >= 0.6 is 11.3 Å². The van der Waals surface area contributed by atoms with Crippen LogP contribution in [0.25, 0.3) is 0 Å². The number of amides is 1. The van der Waals surface area contributed by atoms with Gasteiger partial charge in [-0.2, -0.15) is 4.72 Å². The Labute approximate surface area is 143 Å². The van der Waals surface area contributed by atoms with Crippen LogP contribution in [0.3, 0.4) is 0 Å². The molecule has 10 nitrogen and oxygen atoms in total. The van der Waals surface area contributed by atoms with Crippen molar-refractivity contribution in [2.45, 2.75) is 44.5 Å². The molecule has 2 heterocycles. The van der Waals surface area contributed by atoms with Gasteiger partial charge in [-0.15, -0.1) is 20.4 Å². The zero-order valence-electron chi connectivity index (χ0n) is 13.6. The van der Waals surface area contributed by atoms with Gasteiger partial charge >= 0.3 is 0 Å². The van der Waals surface area contributed by atoms with E-state index in [9.17, 15) is 13.2 Å². The number of carbonyl (C=O) groups is 1. The highest BCUT2D eigenvalue weighted by Crippen LogP contribution is 2.25. The molecule has 2 aromatic heterocycles. The van der Waals surface area contributed by atoms with Gasteiger partial charge in [0.05, 0.1) is 0 Å². The summed E-state index contributed by atoms with van der Waals surface area (Å²) in [5, 5.41) is 17.4. The van der Waals surface area contributed by atoms with Gasteiger partial charge in [-0.05, 0) is 12.3 Å². The maximum Gasteiger partial charge on any atom is 0.270 e. The number of nitrogens with zero attached hydrogens (tertiary/aromatic N) is 4. The SMILES string of the molecule is CC(=O)Nc1nnc(S(=O)(=O)NC(CC(C)C)c2nnc(C)o2)s1. The number of aryl methyl sites for hydroxylation is 1. The van der Waals surface area contributed by atoms with Gasteiger partial charge in [-0.3, -0.25) is 4.79 Å². The molecule has 0 bridgehead atoms. The molecule has 2 rings (SSSR count). The topological polar surface area (TPSA) is 140 Å². The molecule has 0 saturated heterocycles. The Morgan fingerprint density at radius 2 is 1.96 bits per heavy atom. The largest absolute Gasteiger partial charge is 0.424 e. The molecule has 0 spiro atoms. The third-order valence-electron chi connectivity index (χ3n) is 2.76. The van der Waals surface area contributed by atoms with Crippen molar-refractivity contribution < 1.29 is 17.6 Å². The third-order valence-corrected chi connectivity index (χ3v) is 5.44. The van der Waals surface area contributed by atoms with Crippen molar-refractivity contribution in [2.75, 3.05) is 5.32 Å². The van der Waals surface area contributed by atoms with Crippen molar-refractivity contribution in [3.8, 4) is 0 Å². The third kappa shape index (κ3) is 4.79. The van der Waals surface area contributed by atoms with Gasteiger partial charge in [-0.25, -0.2) is 8.42 Å². The smallest absolute Gasteiger partial charge is 0.270 e. The molecule has 132 valence electrons. The summed E-state index contributed by atoms with van der Waals surface area (Å²) >= 11 is 0.758. The van der Waals surface area contributed by atoms with Gasteiger partial charge in [0.25, 0.3) is 10.0 Å². The Hall–Kier alpha value is -1.92. The Bertz CT molecular complexity index is 813. The zero-order valence-corrected chi connectivity index (χ0v) is 15.2. The lowest BCUT2D eigenvalue weighted by atomic mass is 10.0. The second-order valence-corrected chi connectivity index (χ2v) is 8.38. The van der Waals surface area contributed by atoms with Gasteiger partial charge < -0.3 is 9.73 Å². The molecule has 0 fully saturated rings. The number of rotatable bonds is 7. The van der Waals surface area contributed by atoms with E-state index in [1.54, 1.807) is 6.92 Å². The Morgan fingerprint density at radius 1 is 1.25 bits per heavy atom. The lowest BCUT2D eigenvalue weighted by Crippen LogP contribution is -2.30. The second-order valence-electron chi connectivity index (χ2n) is 5.52. The Kier molecular flexibility index (Phi) is 5.62. The first-order chi connectivity index (χ1) is 11.2. The molecule has 0 aromatic carbocycles. The highest BCUT2D eigenvalue weighted by atomic mass is 32.2. The molecular weight excluding hydrogens is 356 g/mol. The number of hydrogen-bond acceptors (Lipinski definition) is 9. The standard InChI is InChI=1S/C12H18N6O4S2/c1-6(2)5-9(10-15-14-8(4)22-10)18-24(20,21)12-17-16-11(23-12)13-7(3)19/h6,9,18H,5H2,1-4H3,(H,13,16,19). The minimum Gasteiger partial charge on any atom is -0.424 e. The van der Waals surface area contributed by atoms with Crippen molar-refractivity contribution in [1.29, 1.82) is 0 Å². The molecule has 12 heteroatoms. The summed E-state index contributed by atoms with van der Waals surface area (Å²) in [6.45, 7) is 6.82. The predicted octanol–water partition coefficient (Wildman–Crippen LogP) is 1.25. The van der Waals surface area contributed by atoms with Crippen LogP contribution in [0.1, 0.15) is 45.0 Å². The molecule has 0 aliphatic carbocycles. The van der Waals surface area contributed by atoms with E-state index < -0.39 is 16.1 Å². The van der Waals surface area contributed by atoms with E-state index in [-0.39, 0.29) is 27.2 Å². The van der Waals surface area contributed by atoms with E-state index in [1.807, 2.05) is 13.8 Å². The van der Waals surface area contributed by atoms with Gasteiger partial charge in [0.15, 0.2) is 0 Å². The number of nitrogens with one attached hydrogen (secondary N) is 2. The molecule has 24 heavy (non-hydrogen) atoms. The van der Waals surface area contributed by atoms with E-state index in [2.05, 4.69) is 30.4 Å². The normalized spacial score (nSPS) is 13.2. The van der Waals surface area contributed by atoms with Gasteiger partial charge in [0, 0.05) is 13.8 Å². The van der Waals surface area contributed by atoms with Crippen LogP contribution in [-0.2, 0) is 14.8 Å². The number of carbonyl (C=O) groups excluding carboxylic acids is 1. The molecule has 1 unspecified atom stereocenters. The lowest BCUT2D eigenvalue weighted by molar-refractivity contribution is -0.114. The summed E-state index contributed by atoms with van der Waals surface area (Å²) in [5.41, 5.74) is 0. The summed E-state index contributed by atoms with van der Waals surface area (Å²) in [6, 6.07) is -0.677. The van der Waals surface area contributed by atoms with E-state index >= 15 is 0 Å². The molecule has 0 saturated carbocycles. The minimum absolute atomic E-state index is 0.108. The molecule has 1 amide bonds. The van der Waals surface area contributed by atoms with Crippen LogP contribution in [0, 0.1) is 12.8 Å². The van der Waals surface area contributed by atoms with Crippen molar-refractivity contribution >= 4 is 32.4 Å². The number of hydrogen-bond donors (Lipinski definition) is 2. The Balaban J connectivity index is 2.23. The average molecular weight is 374 g/mol. The van der Waals surface area contributed by atoms with Crippen LogP contribution in [0.5, 0.6) is 0 Å². The maximum atomic E-state index is 12.5. The van der Waals surface area contributed by atoms with Crippen LogP contribution in [-0.4, -0.2) is 34.7 Å². The predicted molar refractivity (Wildman–Crippen MR) is 85.8 cm³/mol. The summed E-state index contributed by atoms with van der Waals surface area (Å²) in [4.78, 5) is 11.0. The summed E-state index contributed by atoms with van der Waals surface area (Å²) < 4.78 is 32.6. The first-order valence-electron chi connectivity index (χ1n) is 7.11. The molecule has 0 aliphatic heterocycles. The molecule has 1 atom stereocenters. The summed E-state index contributed by atoms with van der Waals surface area (Å²) in [7, 11) is -3.94. The average Bonchev–Trinajstić information content (AvgIpc) is 3.06. The molecular formula is C12H18N6O4S2. The van der Waals surface area contributed by atoms with Crippen LogP contribution in [0.15, 0.2) is 8.76 Å². The molecule has 0 radical (unpaired) electrons. The molecule has 2 aromatic rings. The highest BCUT2D eigenvalue weighted by Gasteiger charge is 2.29. The van der Waals surface area contributed by atoms with Gasteiger partial charge in [-0.1, -0.05) is 25.2 Å². The van der Waals surface area contributed by atoms with E-state index in [0.717, 1.165) is 11.3 Å². The minimum atomic E-state index is -3.94. The fraction of sp³-hybridized carbons (Fsp3) is 0.583. The maximum absolute atomic E-state index is 12.5. The number of sulfonamides is 1. The van der Waals surface area contributed by atoms with Crippen LogP contribution in [0.2, 0.25) is 0 Å². The van der Waals surface area contributed by atoms with E-state index in [4.69, 9.17) is 4.42 Å². The second kappa shape index (κ2) is 7.32. The van der Waals surface area contributed by atoms with Crippen molar-refractivity contribution in [3.63, 3.8) is 0 Å². The van der Waals surface area contributed by atoms with Gasteiger partial charge in [0.1, 0.15) is 6.04 Å². The first kappa shape index (κ1) is 18.4. The number of anilines is 1. The fourth-order valence-corrected chi connectivity index (χ4v) is 4.04. The number of aromatic nitrogens is 4. The van der Waals surface area contributed by atoms with Crippen molar-refractivity contribution in [3.05, 3.63) is 11.8 Å². The van der Waals surface area contributed by atoms with Crippen LogP contribution in [0.4, 0.5) is 5.13 Å². The summed E-state index contributed by atoms with van der Waals surface area (Å²) in [5.74, 6) is 0.370. The Morgan fingerprint density at radius 3 is 2.50 bits per heavy atom. The lowest BCUT2D eigenvalue weighted by Gasteiger charge is -2.16. The fourth-order valence-electron chi connectivity index (χ4n) is 1.88. The monoisotopic (exact) mass is 374 g/mol. The van der Waals surface area contributed by atoms with Crippen molar-refractivity contribution in [2.24, 2.45) is 5.92 Å². The zero-order chi connectivity index (χ0) is 17.9. The molecule has 0 aliphatic rings. The van der Waals surface area contributed by atoms with Crippen LogP contribution < -0.4 is 10.0 Å². The quantitative estimate of drug-likeness (QED) is 0.690. The van der Waals surface area contributed by atoms with Gasteiger partial charge in [0.2, 0.25) is 27.2 Å². The summed E-state index contributed by atoms with van der Waals surface area (Å²) in [6.07, 6.45) is 0.470. The first-order valence-corrected chi connectivity index (χ1v) is 9.40. The van der Waals surface area contributed by atoms with E-state index in [1.165, 1.54) is 6.92 Å². The van der Waals surface area contributed by atoms with E-state index in [0.29, 0.717) is 12.3 Å². The molecule has 2 N–H and O–H groups in total. The highest BCUT2D eigenvalue weighted by molar-refractivity contribution is 7.91.